The van der Waals surface area contributed by atoms with Gasteiger partial charge < -0.3 is 16.0 Å². The summed E-state index contributed by atoms with van der Waals surface area (Å²) in [6.45, 7) is 8.18. The number of aldehydes is 1. The Morgan fingerprint density at radius 3 is 2.49 bits per heavy atom. The number of aromatic nitrogens is 3. The van der Waals surface area contributed by atoms with E-state index in [1.165, 1.54) is 13.1 Å². The molecule has 3 aromatic rings. The van der Waals surface area contributed by atoms with Crippen LogP contribution in [0, 0.1) is 25.6 Å². The van der Waals surface area contributed by atoms with Crippen molar-refractivity contribution in [1.29, 1.82) is 0 Å². The van der Waals surface area contributed by atoms with Gasteiger partial charge >= 0.3 is 0 Å². The van der Waals surface area contributed by atoms with Gasteiger partial charge in [0.25, 0.3) is 6.43 Å². The first-order valence-corrected chi connectivity index (χ1v) is 13.8. The Hall–Kier alpha value is -4.32. The molecule has 1 fully saturated rings. The van der Waals surface area contributed by atoms with E-state index >= 15 is 0 Å². The van der Waals surface area contributed by atoms with E-state index in [2.05, 4.69) is 25.3 Å². The number of carbonyl (C=O) groups is 2. The van der Waals surface area contributed by atoms with Crippen molar-refractivity contribution in [2.24, 2.45) is 16.6 Å². The predicted molar refractivity (Wildman–Crippen MR) is 161 cm³/mol. The molecule has 0 saturated carbocycles. The number of halogens is 4. The number of carbonyl (C=O) groups excluding carboxylic acids is 2. The molecule has 1 aliphatic heterocycles. The number of aliphatic imine (C=N–C) groups is 1. The highest BCUT2D eigenvalue weighted by Crippen LogP contribution is 2.35. The second-order valence-corrected chi connectivity index (χ2v) is 10.2. The molecule has 1 unspecified atom stereocenters. The van der Waals surface area contributed by atoms with E-state index in [1.807, 2.05) is 37.8 Å². The first-order valence-electron chi connectivity index (χ1n) is 13.4. The fraction of sp³-hybridized carbons (Fsp3) is 0.333. The predicted octanol–water partition coefficient (Wildman–Crippen LogP) is 5.91. The van der Waals surface area contributed by atoms with Crippen molar-refractivity contribution in [3.63, 3.8) is 0 Å². The number of aryl methyl sites for hydroxylation is 2. The lowest BCUT2D eigenvalue weighted by atomic mass is 10.0. The number of amides is 1. The molecule has 1 amide bonds. The van der Waals surface area contributed by atoms with Gasteiger partial charge in [-0.05, 0) is 45.4 Å². The number of rotatable bonds is 8. The molecule has 0 bridgehead atoms. The molecule has 13 heteroatoms. The highest BCUT2D eigenvalue weighted by molar-refractivity contribution is 6.31. The van der Waals surface area contributed by atoms with Crippen LogP contribution in [0.3, 0.4) is 0 Å². The van der Waals surface area contributed by atoms with E-state index < -0.39 is 23.4 Å². The van der Waals surface area contributed by atoms with Crippen LogP contribution in [0.5, 0.6) is 0 Å². The topological polar surface area (TPSA) is 126 Å². The van der Waals surface area contributed by atoms with E-state index in [0.29, 0.717) is 12.0 Å². The Balaban J connectivity index is 0.000000238. The zero-order valence-electron chi connectivity index (χ0n) is 24.4. The van der Waals surface area contributed by atoms with E-state index in [1.54, 1.807) is 13.3 Å². The van der Waals surface area contributed by atoms with Gasteiger partial charge in [0, 0.05) is 43.1 Å². The Morgan fingerprint density at radius 2 is 1.93 bits per heavy atom. The largest absolute Gasteiger partial charge is 0.403 e. The molecule has 3 heterocycles. The first-order chi connectivity index (χ1) is 20.4. The molecular formula is C30H33ClF3N7O2. The monoisotopic (exact) mass is 615 g/mol. The van der Waals surface area contributed by atoms with E-state index in [4.69, 9.17) is 17.3 Å². The van der Waals surface area contributed by atoms with Gasteiger partial charge in [-0.1, -0.05) is 24.6 Å². The van der Waals surface area contributed by atoms with Crippen molar-refractivity contribution in [2.45, 2.75) is 46.6 Å². The molecule has 4 rings (SSSR count). The third-order valence-electron chi connectivity index (χ3n) is 6.90. The highest BCUT2D eigenvalue weighted by atomic mass is 35.5. The standard InChI is InChI=1S/C17H25N5O.C13H8ClF3N2O/c1-11-7-8-22(17(11)23)16-6-5-15(21-13(16)3)12(2)20-10-14(9-18)19-4;1-6-10(5-20)19-9(4-18-6)11-7(13(16)17)2-3-8(14)12(11)15/h5-6,9-12,19H,7-8,18H2,1-4H3;2-5,13H,1H3/b14-9+,20-10?;/t11-,12?;/m1./s1. The number of anilines is 1. The summed E-state index contributed by atoms with van der Waals surface area (Å²) in [7, 11) is 1.79. The molecule has 1 saturated heterocycles. The van der Waals surface area contributed by atoms with Gasteiger partial charge in [0.1, 0.15) is 5.69 Å². The second-order valence-electron chi connectivity index (χ2n) is 9.82. The van der Waals surface area contributed by atoms with Gasteiger partial charge in [-0.2, -0.15) is 0 Å². The summed E-state index contributed by atoms with van der Waals surface area (Å²) in [6, 6.07) is 5.89. The van der Waals surface area contributed by atoms with Crippen LogP contribution < -0.4 is 16.0 Å². The van der Waals surface area contributed by atoms with Crippen molar-refractivity contribution in [2.75, 3.05) is 18.5 Å². The fourth-order valence-electron chi connectivity index (χ4n) is 4.32. The maximum atomic E-state index is 14.0. The number of allylic oxidation sites excluding steroid dienone is 1. The summed E-state index contributed by atoms with van der Waals surface area (Å²) < 4.78 is 39.9. The van der Waals surface area contributed by atoms with Gasteiger partial charge in [-0.25, -0.2) is 18.2 Å². The van der Waals surface area contributed by atoms with E-state index in [0.717, 1.165) is 54.1 Å². The summed E-state index contributed by atoms with van der Waals surface area (Å²) in [4.78, 5) is 41.6. The van der Waals surface area contributed by atoms with Gasteiger partial charge in [-0.15, -0.1) is 0 Å². The van der Waals surface area contributed by atoms with Gasteiger partial charge in [0.15, 0.2) is 12.1 Å². The normalized spacial score (nSPS) is 16.0. The smallest absolute Gasteiger partial charge is 0.264 e. The molecule has 3 N–H and O–H groups in total. The molecule has 0 spiro atoms. The van der Waals surface area contributed by atoms with Crippen LogP contribution in [-0.2, 0) is 4.79 Å². The van der Waals surface area contributed by atoms with Crippen molar-refractivity contribution >= 4 is 35.7 Å². The lowest BCUT2D eigenvalue weighted by Gasteiger charge is -2.19. The number of nitrogens with two attached hydrogens (primary N) is 1. The fourth-order valence-corrected chi connectivity index (χ4v) is 4.47. The Kier molecular flexibility index (Phi) is 11.4. The first kappa shape index (κ1) is 33.2. The summed E-state index contributed by atoms with van der Waals surface area (Å²) in [5.41, 5.74) is 7.99. The quantitative estimate of drug-likeness (QED) is 0.238. The van der Waals surface area contributed by atoms with Crippen molar-refractivity contribution in [3.05, 3.63) is 81.5 Å². The van der Waals surface area contributed by atoms with Crippen LogP contribution in [0.1, 0.15) is 65.9 Å². The molecule has 2 atom stereocenters. The number of hydrogen-bond acceptors (Lipinski definition) is 8. The van der Waals surface area contributed by atoms with Crippen LogP contribution in [0.15, 0.2) is 47.4 Å². The third-order valence-corrected chi connectivity index (χ3v) is 7.19. The minimum Gasteiger partial charge on any atom is -0.403 e. The maximum Gasteiger partial charge on any atom is 0.264 e. The number of nitrogens with zero attached hydrogens (tertiary/aromatic N) is 5. The lowest BCUT2D eigenvalue weighted by molar-refractivity contribution is -0.119. The molecule has 0 radical (unpaired) electrons. The maximum absolute atomic E-state index is 14.0. The van der Waals surface area contributed by atoms with Crippen molar-refractivity contribution in [3.8, 4) is 11.3 Å². The Morgan fingerprint density at radius 1 is 1.21 bits per heavy atom. The number of pyridine rings is 1. The molecular weight excluding hydrogens is 583 g/mol. The van der Waals surface area contributed by atoms with E-state index in [9.17, 15) is 22.8 Å². The van der Waals surface area contributed by atoms with Crippen LogP contribution >= 0.6 is 11.6 Å². The molecule has 9 nitrogen and oxygen atoms in total. The average molecular weight is 616 g/mol. The molecule has 0 aliphatic carbocycles. The van der Waals surface area contributed by atoms with Gasteiger partial charge in [-0.3, -0.25) is 24.5 Å². The molecule has 228 valence electrons. The number of alkyl halides is 2. The average Bonchev–Trinajstić information content (AvgIpc) is 3.32. The second kappa shape index (κ2) is 14.7. The minimum atomic E-state index is -2.90. The van der Waals surface area contributed by atoms with Gasteiger partial charge in [0.2, 0.25) is 5.91 Å². The SMILES string of the molecule is CN/C(C=NC(C)c1ccc(N2CC[C@@H](C)C2=O)c(C)n1)=C/N.Cc1ncc(-c2c(C(F)F)ccc(Cl)c2F)nc1C=O. The number of nitrogens with one attached hydrogen (secondary N) is 1. The van der Waals surface area contributed by atoms with Crippen molar-refractivity contribution < 1.29 is 22.8 Å². The zero-order valence-corrected chi connectivity index (χ0v) is 25.2. The molecule has 1 aliphatic rings. The zero-order chi connectivity index (χ0) is 31.8. The Bertz CT molecular complexity index is 1550. The molecule has 1 aromatic carbocycles. The molecule has 2 aromatic heterocycles. The number of hydrogen-bond donors (Lipinski definition) is 2. The van der Waals surface area contributed by atoms with Crippen LogP contribution in [0.4, 0.5) is 18.9 Å². The lowest BCUT2D eigenvalue weighted by Crippen LogP contribution is -2.27. The Labute approximate surface area is 253 Å². The number of benzene rings is 1. The van der Waals surface area contributed by atoms with Gasteiger partial charge in [0.05, 0.1) is 51.4 Å². The van der Waals surface area contributed by atoms with Crippen LogP contribution in [-0.4, -0.2) is 47.0 Å². The van der Waals surface area contributed by atoms with Crippen LogP contribution in [0.2, 0.25) is 5.02 Å². The summed E-state index contributed by atoms with van der Waals surface area (Å²) in [5.74, 6) is -0.736. The summed E-state index contributed by atoms with van der Waals surface area (Å²) in [6.07, 6.45) is 2.72. The summed E-state index contributed by atoms with van der Waals surface area (Å²) in [5, 5.41) is 2.64. The molecule has 43 heavy (non-hydrogen) atoms. The summed E-state index contributed by atoms with van der Waals surface area (Å²) >= 11 is 5.61. The van der Waals surface area contributed by atoms with Crippen LogP contribution in [0.25, 0.3) is 11.3 Å². The highest BCUT2D eigenvalue weighted by Gasteiger charge is 2.30. The van der Waals surface area contributed by atoms with E-state index in [-0.39, 0.29) is 34.3 Å². The van der Waals surface area contributed by atoms with Crippen molar-refractivity contribution in [1.82, 2.24) is 20.3 Å². The third kappa shape index (κ3) is 7.75. The minimum absolute atomic E-state index is 0.0397.